The van der Waals surface area contributed by atoms with Crippen LogP contribution in [-0.2, 0) is 14.3 Å². The molecule has 0 saturated carbocycles. The van der Waals surface area contributed by atoms with Gasteiger partial charge < -0.3 is 10.1 Å². The van der Waals surface area contributed by atoms with E-state index in [4.69, 9.17) is 6.42 Å². The molecule has 1 amide bonds. The number of hydrogen-bond donors (Lipinski definition) is 2. The molecule has 0 radical (unpaired) electrons. The lowest BCUT2D eigenvalue weighted by Gasteiger charge is -2.23. The van der Waals surface area contributed by atoms with Crippen LogP contribution in [0.15, 0.2) is 0 Å². The topological polar surface area (TPSA) is 67.4 Å². The Kier molecular flexibility index (Phi) is 6.99. The number of hydrogen-bond acceptors (Lipinski definition) is 4. The van der Waals surface area contributed by atoms with Crippen molar-refractivity contribution in [2.45, 2.75) is 32.9 Å². The second kappa shape index (κ2) is 7.69. The normalized spacial score (nSPS) is 13.6. The molecule has 96 valence electrons. The Morgan fingerprint density at radius 2 is 1.94 bits per heavy atom. The number of ether oxygens (including phenoxy) is 1. The molecule has 0 aliphatic heterocycles. The standard InChI is InChI=1S/C12H20N2O3/c1-6-7-13-11(15)9(4)14-10(8(2)3)12(16)17-5/h1,8-10,14H,7H2,2-5H3,(H,13,15). The second-order valence-electron chi connectivity index (χ2n) is 4.06. The third-order valence-electron chi connectivity index (χ3n) is 2.31. The molecule has 0 rings (SSSR count). The summed E-state index contributed by atoms with van der Waals surface area (Å²) in [6, 6.07) is -1.01. The Morgan fingerprint density at radius 3 is 2.35 bits per heavy atom. The first-order chi connectivity index (χ1) is 7.93. The van der Waals surface area contributed by atoms with Crippen LogP contribution < -0.4 is 10.6 Å². The van der Waals surface area contributed by atoms with Crippen molar-refractivity contribution in [3.8, 4) is 12.3 Å². The number of terminal acetylenes is 1. The zero-order valence-corrected chi connectivity index (χ0v) is 10.7. The largest absolute Gasteiger partial charge is 0.468 e. The van der Waals surface area contributed by atoms with Crippen LogP contribution >= 0.6 is 0 Å². The first-order valence-corrected chi connectivity index (χ1v) is 5.49. The van der Waals surface area contributed by atoms with Crippen molar-refractivity contribution < 1.29 is 14.3 Å². The van der Waals surface area contributed by atoms with Crippen molar-refractivity contribution in [1.82, 2.24) is 10.6 Å². The molecule has 0 bridgehead atoms. The molecular formula is C12H20N2O3. The van der Waals surface area contributed by atoms with E-state index in [0.717, 1.165) is 0 Å². The summed E-state index contributed by atoms with van der Waals surface area (Å²) in [6.45, 7) is 5.60. The number of carbonyl (C=O) groups is 2. The summed E-state index contributed by atoms with van der Waals surface area (Å²) in [5.41, 5.74) is 0. The van der Waals surface area contributed by atoms with E-state index in [9.17, 15) is 9.59 Å². The third kappa shape index (κ3) is 5.36. The minimum absolute atomic E-state index is 0.0327. The molecule has 17 heavy (non-hydrogen) atoms. The van der Waals surface area contributed by atoms with Gasteiger partial charge in [0.2, 0.25) is 5.91 Å². The number of carbonyl (C=O) groups excluding carboxylic acids is 2. The zero-order valence-electron chi connectivity index (χ0n) is 10.7. The average Bonchev–Trinajstić information content (AvgIpc) is 2.31. The monoisotopic (exact) mass is 240 g/mol. The van der Waals surface area contributed by atoms with E-state index in [1.807, 2.05) is 13.8 Å². The second-order valence-corrected chi connectivity index (χ2v) is 4.06. The van der Waals surface area contributed by atoms with Crippen molar-refractivity contribution in [1.29, 1.82) is 0 Å². The van der Waals surface area contributed by atoms with E-state index < -0.39 is 12.1 Å². The first-order valence-electron chi connectivity index (χ1n) is 5.49. The number of methoxy groups -OCH3 is 1. The summed E-state index contributed by atoms with van der Waals surface area (Å²) < 4.78 is 4.67. The molecule has 0 saturated heterocycles. The minimum atomic E-state index is -0.508. The Labute approximate surface area is 102 Å². The zero-order chi connectivity index (χ0) is 13.4. The maximum absolute atomic E-state index is 11.5. The van der Waals surface area contributed by atoms with Crippen LogP contribution in [0, 0.1) is 18.3 Å². The lowest BCUT2D eigenvalue weighted by Crippen LogP contribution is -2.51. The van der Waals surface area contributed by atoms with E-state index >= 15 is 0 Å². The van der Waals surface area contributed by atoms with Gasteiger partial charge in [0.1, 0.15) is 6.04 Å². The van der Waals surface area contributed by atoms with Crippen LogP contribution in [0.2, 0.25) is 0 Å². The molecular weight excluding hydrogens is 220 g/mol. The number of esters is 1. The molecule has 0 spiro atoms. The molecule has 2 N–H and O–H groups in total. The van der Waals surface area contributed by atoms with Gasteiger partial charge in [0.05, 0.1) is 19.7 Å². The summed E-state index contributed by atoms with van der Waals surface area (Å²) in [6.07, 6.45) is 5.04. The molecule has 0 aliphatic rings. The van der Waals surface area contributed by atoms with E-state index in [1.54, 1.807) is 6.92 Å². The highest BCUT2D eigenvalue weighted by Crippen LogP contribution is 2.04. The number of nitrogens with one attached hydrogen (secondary N) is 2. The smallest absolute Gasteiger partial charge is 0.323 e. The Bertz CT molecular complexity index is 307. The van der Waals surface area contributed by atoms with Crippen molar-refractivity contribution in [2.24, 2.45) is 5.92 Å². The van der Waals surface area contributed by atoms with Crippen molar-refractivity contribution in [2.75, 3.05) is 13.7 Å². The van der Waals surface area contributed by atoms with Crippen LogP contribution in [0.1, 0.15) is 20.8 Å². The highest BCUT2D eigenvalue weighted by atomic mass is 16.5. The fourth-order valence-electron chi connectivity index (χ4n) is 1.30. The quantitative estimate of drug-likeness (QED) is 0.503. The van der Waals surface area contributed by atoms with Crippen molar-refractivity contribution >= 4 is 11.9 Å². The van der Waals surface area contributed by atoms with Gasteiger partial charge in [0.25, 0.3) is 0 Å². The third-order valence-corrected chi connectivity index (χ3v) is 2.31. The molecule has 5 heteroatoms. The maximum atomic E-state index is 11.5. The highest BCUT2D eigenvalue weighted by molar-refractivity contribution is 5.83. The highest BCUT2D eigenvalue weighted by Gasteiger charge is 2.26. The fourth-order valence-corrected chi connectivity index (χ4v) is 1.30. The summed E-state index contributed by atoms with van der Waals surface area (Å²) in [5, 5.41) is 5.46. The molecule has 5 nitrogen and oxygen atoms in total. The Balaban J connectivity index is 4.41. The van der Waals surface area contributed by atoms with E-state index in [-0.39, 0.29) is 24.3 Å². The molecule has 2 atom stereocenters. The van der Waals surface area contributed by atoms with Crippen LogP contribution in [-0.4, -0.2) is 37.6 Å². The van der Waals surface area contributed by atoms with Crippen LogP contribution in [0.5, 0.6) is 0 Å². The van der Waals surface area contributed by atoms with Gasteiger partial charge >= 0.3 is 5.97 Å². The predicted octanol–water partition coefficient (Wildman–Crippen LogP) is -0.0885. The first kappa shape index (κ1) is 15.5. The van der Waals surface area contributed by atoms with Gasteiger partial charge in [-0.25, -0.2) is 0 Å². The lowest BCUT2D eigenvalue weighted by molar-refractivity contribution is -0.144. The van der Waals surface area contributed by atoms with Crippen molar-refractivity contribution in [3.05, 3.63) is 0 Å². The fraction of sp³-hybridized carbons (Fsp3) is 0.667. The average molecular weight is 240 g/mol. The molecule has 2 unspecified atom stereocenters. The van der Waals surface area contributed by atoms with Gasteiger partial charge in [-0.1, -0.05) is 19.8 Å². The lowest BCUT2D eigenvalue weighted by atomic mass is 10.0. The van der Waals surface area contributed by atoms with Crippen LogP contribution in [0.25, 0.3) is 0 Å². The SMILES string of the molecule is C#CCNC(=O)C(C)NC(C(=O)OC)C(C)C. The summed E-state index contributed by atoms with van der Waals surface area (Å²) in [4.78, 5) is 23.0. The van der Waals surface area contributed by atoms with E-state index in [2.05, 4.69) is 21.3 Å². The maximum Gasteiger partial charge on any atom is 0.323 e. The van der Waals surface area contributed by atoms with Gasteiger partial charge in [-0.05, 0) is 12.8 Å². The van der Waals surface area contributed by atoms with Crippen LogP contribution in [0.4, 0.5) is 0 Å². The Hall–Kier alpha value is -1.54. The van der Waals surface area contributed by atoms with E-state index in [0.29, 0.717) is 0 Å². The molecule has 0 aromatic heterocycles. The summed E-state index contributed by atoms with van der Waals surface area (Å²) in [7, 11) is 1.32. The van der Waals surface area contributed by atoms with Crippen molar-refractivity contribution in [3.63, 3.8) is 0 Å². The summed E-state index contributed by atoms with van der Waals surface area (Å²) >= 11 is 0. The number of rotatable bonds is 6. The molecule has 0 aromatic rings. The van der Waals surface area contributed by atoms with E-state index in [1.165, 1.54) is 7.11 Å². The van der Waals surface area contributed by atoms with Gasteiger partial charge in [-0.3, -0.25) is 14.9 Å². The predicted molar refractivity (Wildman–Crippen MR) is 65.1 cm³/mol. The van der Waals surface area contributed by atoms with Crippen LogP contribution in [0.3, 0.4) is 0 Å². The van der Waals surface area contributed by atoms with Gasteiger partial charge in [0, 0.05) is 0 Å². The molecule has 0 heterocycles. The number of amides is 1. The molecule has 0 aromatic carbocycles. The van der Waals surface area contributed by atoms with Gasteiger partial charge in [-0.15, -0.1) is 6.42 Å². The van der Waals surface area contributed by atoms with Gasteiger partial charge in [-0.2, -0.15) is 0 Å². The molecule has 0 aliphatic carbocycles. The Morgan fingerprint density at radius 1 is 1.35 bits per heavy atom. The van der Waals surface area contributed by atoms with Gasteiger partial charge in [0.15, 0.2) is 0 Å². The molecule has 0 fully saturated rings. The minimum Gasteiger partial charge on any atom is -0.468 e. The summed E-state index contributed by atoms with van der Waals surface area (Å²) in [5.74, 6) is 1.73.